The molecule has 2 N–H and O–H groups in total. The average Bonchev–Trinajstić information content (AvgIpc) is 3.20. The van der Waals surface area contributed by atoms with E-state index in [4.69, 9.17) is 0 Å². The fraction of sp³-hybridized carbons (Fsp3) is 0.167. The molecule has 0 radical (unpaired) electrons. The van der Waals surface area contributed by atoms with Crippen LogP contribution in [-0.4, -0.2) is 27.4 Å². The Hall–Kier alpha value is -3.81. The van der Waals surface area contributed by atoms with Gasteiger partial charge in [0.05, 0.1) is 5.56 Å². The molecule has 4 aromatic rings. The van der Waals surface area contributed by atoms with Crippen molar-refractivity contribution in [1.29, 1.82) is 0 Å². The number of rotatable bonds is 6. The molecule has 0 aliphatic heterocycles. The van der Waals surface area contributed by atoms with Crippen molar-refractivity contribution in [3.8, 4) is 0 Å². The minimum atomic E-state index is -4.42. The molecule has 0 unspecified atom stereocenters. The first kappa shape index (κ1) is 21.4. The van der Waals surface area contributed by atoms with Gasteiger partial charge in [-0.3, -0.25) is 4.98 Å². The first-order chi connectivity index (χ1) is 15.4. The molecule has 32 heavy (non-hydrogen) atoms. The van der Waals surface area contributed by atoms with Gasteiger partial charge in [0, 0.05) is 48.3 Å². The van der Waals surface area contributed by atoms with E-state index in [1.165, 1.54) is 12.1 Å². The quantitative estimate of drug-likeness (QED) is 0.396. The number of anilines is 1. The summed E-state index contributed by atoms with van der Waals surface area (Å²) in [6, 6.07) is 15.6. The molecule has 2 aromatic heterocycles. The smallest absolute Gasteiger partial charge is 0.361 e. The molecule has 0 atom stereocenters. The minimum absolute atomic E-state index is 0.301. The van der Waals surface area contributed by atoms with Gasteiger partial charge in [-0.25, -0.2) is 4.79 Å². The van der Waals surface area contributed by atoms with Crippen LogP contribution in [0.4, 0.5) is 23.7 Å². The predicted octanol–water partition coefficient (Wildman–Crippen LogP) is 5.86. The van der Waals surface area contributed by atoms with E-state index in [1.807, 2.05) is 42.6 Å². The molecule has 0 fully saturated rings. The molecule has 0 saturated carbocycles. The fourth-order valence-electron chi connectivity index (χ4n) is 3.50. The first-order valence-corrected chi connectivity index (χ1v) is 10.1. The predicted molar refractivity (Wildman–Crippen MR) is 117 cm³/mol. The second-order valence-electron chi connectivity index (χ2n) is 7.39. The van der Waals surface area contributed by atoms with Crippen molar-refractivity contribution in [1.82, 2.24) is 14.9 Å². The number of pyridine rings is 1. The highest BCUT2D eigenvalue weighted by Crippen LogP contribution is 2.30. The van der Waals surface area contributed by atoms with Crippen molar-refractivity contribution in [2.24, 2.45) is 0 Å². The third kappa shape index (κ3) is 5.08. The number of aromatic nitrogens is 2. The Bertz CT molecular complexity index is 1190. The number of alkyl halides is 3. The lowest BCUT2D eigenvalue weighted by atomic mass is 10.1. The van der Waals surface area contributed by atoms with Crippen molar-refractivity contribution >= 4 is 22.6 Å². The number of halogens is 3. The van der Waals surface area contributed by atoms with Crippen LogP contribution in [0.1, 0.15) is 16.7 Å². The topological polar surface area (TPSA) is 61.0 Å². The molecule has 2 aromatic carbocycles. The Labute approximate surface area is 182 Å². The number of amides is 2. The third-order valence-electron chi connectivity index (χ3n) is 5.20. The van der Waals surface area contributed by atoms with Crippen LogP contribution in [-0.2, 0) is 19.1 Å². The van der Waals surface area contributed by atoms with E-state index in [0.717, 1.165) is 34.2 Å². The third-order valence-corrected chi connectivity index (χ3v) is 5.20. The molecule has 2 amide bonds. The second kappa shape index (κ2) is 9.13. The Morgan fingerprint density at radius 3 is 2.44 bits per heavy atom. The first-order valence-electron chi connectivity index (χ1n) is 10.1. The maximum atomic E-state index is 13.0. The van der Waals surface area contributed by atoms with Crippen LogP contribution in [0, 0.1) is 0 Å². The standard InChI is InChI=1S/C24H21F3N4O/c25-24(26,27)19-5-7-20(8-6-19)30-23(32)31(16-17-9-12-28-13-10-17)14-11-18-15-29-22-4-2-1-3-21(18)22/h1-10,12-13,15,29H,11,14,16H2,(H,30,32). The molecule has 4 rings (SSSR count). The number of carbonyl (C=O) groups excluding carboxylic acids is 1. The van der Waals surface area contributed by atoms with Gasteiger partial charge in [-0.15, -0.1) is 0 Å². The van der Waals surface area contributed by atoms with Crippen molar-refractivity contribution in [2.75, 3.05) is 11.9 Å². The lowest BCUT2D eigenvalue weighted by molar-refractivity contribution is -0.137. The Kier molecular flexibility index (Phi) is 6.11. The summed E-state index contributed by atoms with van der Waals surface area (Å²) >= 11 is 0. The number of hydrogen-bond acceptors (Lipinski definition) is 2. The number of aromatic amines is 1. The number of nitrogens with one attached hydrogen (secondary N) is 2. The van der Waals surface area contributed by atoms with Crippen molar-refractivity contribution < 1.29 is 18.0 Å². The number of benzene rings is 2. The highest BCUT2D eigenvalue weighted by atomic mass is 19.4. The van der Waals surface area contributed by atoms with Gasteiger partial charge in [-0.2, -0.15) is 13.2 Å². The highest BCUT2D eigenvalue weighted by molar-refractivity contribution is 5.89. The van der Waals surface area contributed by atoms with Gasteiger partial charge in [0.15, 0.2) is 0 Å². The Morgan fingerprint density at radius 1 is 1.00 bits per heavy atom. The van der Waals surface area contributed by atoms with E-state index in [0.29, 0.717) is 25.2 Å². The van der Waals surface area contributed by atoms with Gasteiger partial charge in [0.25, 0.3) is 0 Å². The molecule has 0 aliphatic carbocycles. The number of H-pyrrole nitrogens is 1. The number of urea groups is 1. The van der Waals surface area contributed by atoms with Gasteiger partial charge in [-0.1, -0.05) is 18.2 Å². The van der Waals surface area contributed by atoms with Crippen LogP contribution >= 0.6 is 0 Å². The van der Waals surface area contributed by atoms with E-state index in [-0.39, 0.29) is 6.03 Å². The molecule has 0 bridgehead atoms. The van der Waals surface area contributed by atoms with E-state index in [1.54, 1.807) is 17.3 Å². The lowest BCUT2D eigenvalue weighted by Crippen LogP contribution is -2.36. The van der Waals surface area contributed by atoms with E-state index in [9.17, 15) is 18.0 Å². The lowest BCUT2D eigenvalue weighted by Gasteiger charge is -2.23. The van der Waals surface area contributed by atoms with Gasteiger partial charge < -0.3 is 15.2 Å². The van der Waals surface area contributed by atoms with Gasteiger partial charge >= 0.3 is 12.2 Å². The largest absolute Gasteiger partial charge is 0.416 e. The average molecular weight is 438 g/mol. The number of nitrogens with zero attached hydrogens (tertiary/aromatic N) is 2. The number of para-hydroxylation sites is 1. The molecule has 0 spiro atoms. The molecular weight excluding hydrogens is 417 g/mol. The zero-order valence-electron chi connectivity index (χ0n) is 17.1. The summed E-state index contributed by atoms with van der Waals surface area (Å²) in [6.45, 7) is 0.772. The molecule has 2 heterocycles. The van der Waals surface area contributed by atoms with Crippen LogP contribution in [0.25, 0.3) is 10.9 Å². The maximum absolute atomic E-state index is 13.0. The van der Waals surface area contributed by atoms with Crippen LogP contribution in [0.2, 0.25) is 0 Å². The molecular formula is C24H21F3N4O. The molecule has 0 aliphatic rings. The van der Waals surface area contributed by atoms with E-state index >= 15 is 0 Å². The van der Waals surface area contributed by atoms with Gasteiger partial charge in [-0.05, 0) is 60.0 Å². The van der Waals surface area contributed by atoms with Crippen molar-refractivity contribution in [3.63, 3.8) is 0 Å². The van der Waals surface area contributed by atoms with E-state index in [2.05, 4.69) is 15.3 Å². The van der Waals surface area contributed by atoms with E-state index < -0.39 is 11.7 Å². The van der Waals surface area contributed by atoms with Crippen LogP contribution in [0.3, 0.4) is 0 Å². The van der Waals surface area contributed by atoms with Gasteiger partial charge in [0.1, 0.15) is 0 Å². The summed E-state index contributed by atoms with van der Waals surface area (Å²) in [4.78, 5) is 21.9. The number of carbonyl (C=O) groups is 1. The highest BCUT2D eigenvalue weighted by Gasteiger charge is 2.30. The summed E-state index contributed by atoms with van der Waals surface area (Å²) in [6.07, 6.45) is 1.44. The number of hydrogen-bond donors (Lipinski definition) is 2. The SMILES string of the molecule is O=C(Nc1ccc(C(F)(F)F)cc1)N(CCc1c[nH]c2ccccc12)Cc1ccncc1. The minimum Gasteiger partial charge on any atom is -0.361 e. The summed E-state index contributed by atoms with van der Waals surface area (Å²) in [5, 5.41) is 3.80. The molecule has 5 nitrogen and oxygen atoms in total. The normalized spacial score (nSPS) is 11.5. The van der Waals surface area contributed by atoms with Crippen LogP contribution in [0.5, 0.6) is 0 Å². The number of fused-ring (bicyclic) bond motifs is 1. The van der Waals surface area contributed by atoms with Crippen LogP contribution < -0.4 is 5.32 Å². The van der Waals surface area contributed by atoms with Crippen LogP contribution in [0.15, 0.2) is 79.3 Å². The summed E-state index contributed by atoms with van der Waals surface area (Å²) in [5.41, 5.74) is 2.56. The summed E-state index contributed by atoms with van der Waals surface area (Å²) < 4.78 is 38.4. The fourth-order valence-corrected chi connectivity index (χ4v) is 3.50. The monoisotopic (exact) mass is 438 g/mol. The van der Waals surface area contributed by atoms with Gasteiger partial charge in [0.2, 0.25) is 0 Å². The molecule has 0 saturated heterocycles. The summed E-state index contributed by atoms with van der Waals surface area (Å²) in [5.74, 6) is 0. The zero-order chi connectivity index (χ0) is 22.6. The Balaban J connectivity index is 1.50. The zero-order valence-corrected chi connectivity index (χ0v) is 17.1. The van der Waals surface area contributed by atoms with Crippen molar-refractivity contribution in [3.05, 3.63) is 95.9 Å². The Morgan fingerprint density at radius 2 is 1.72 bits per heavy atom. The maximum Gasteiger partial charge on any atom is 0.416 e. The molecule has 164 valence electrons. The second-order valence-corrected chi connectivity index (χ2v) is 7.39. The molecule has 8 heteroatoms. The van der Waals surface area contributed by atoms with Crippen molar-refractivity contribution in [2.45, 2.75) is 19.1 Å². The summed E-state index contributed by atoms with van der Waals surface area (Å²) in [7, 11) is 0.